The number of Topliss-reactive ketones (excluding diaryl/α,β-unsaturated/α-hetero) is 1. The standard InChI is InChI=1S/C22H24N2O2/c1-5-15-6-7-16-13-23-24(21(19(16)12-15)20(26)14-25)18-10-8-17(9-11-18)22(2,3)4/h6-14,23H,5H2,1-4H3. The lowest BCUT2D eigenvalue weighted by molar-refractivity contribution is -0.126. The van der Waals surface area contributed by atoms with Crippen molar-refractivity contribution in [1.82, 2.24) is 5.43 Å². The van der Waals surface area contributed by atoms with Crippen molar-refractivity contribution in [3.63, 3.8) is 0 Å². The Balaban J connectivity index is 2.17. The van der Waals surface area contributed by atoms with Gasteiger partial charge in [0.15, 0.2) is 6.29 Å². The summed E-state index contributed by atoms with van der Waals surface area (Å²) in [5, 5.41) is 3.36. The van der Waals surface area contributed by atoms with E-state index < -0.39 is 5.78 Å². The van der Waals surface area contributed by atoms with Crippen LogP contribution in [0.25, 0.3) is 11.9 Å². The van der Waals surface area contributed by atoms with E-state index in [1.54, 1.807) is 5.01 Å². The number of aldehydes is 1. The maximum Gasteiger partial charge on any atom is 0.244 e. The number of anilines is 1. The van der Waals surface area contributed by atoms with E-state index in [9.17, 15) is 9.59 Å². The number of ketones is 1. The molecule has 0 bridgehead atoms. The first-order valence-corrected chi connectivity index (χ1v) is 8.85. The van der Waals surface area contributed by atoms with Crippen molar-refractivity contribution in [2.75, 3.05) is 5.01 Å². The Morgan fingerprint density at radius 3 is 2.38 bits per heavy atom. The van der Waals surface area contributed by atoms with Crippen molar-refractivity contribution >= 4 is 29.7 Å². The molecular weight excluding hydrogens is 324 g/mol. The van der Waals surface area contributed by atoms with E-state index in [2.05, 4.69) is 45.3 Å². The molecule has 0 aromatic heterocycles. The molecule has 134 valence electrons. The van der Waals surface area contributed by atoms with Crippen molar-refractivity contribution in [2.45, 2.75) is 39.5 Å². The smallest absolute Gasteiger partial charge is 0.244 e. The first-order valence-electron chi connectivity index (χ1n) is 8.85. The number of rotatable bonds is 4. The lowest BCUT2D eigenvalue weighted by Gasteiger charge is -2.29. The minimum absolute atomic E-state index is 0.0494. The number of hydrogen-bond donors (Lipinski definition) is 1. The summed E-state index contributed by atoms with van der Waals surface area (Å²) >= 11 is 0. The zero-order chi connectivity index (χ0) is 18.9. The number of fused-ring (bicyclic) bond motifs is 1. The van der Waals surface area contributed by atoms with Gasteiger partial charge in [0, 0.05) is 16.6 Å². The Morgan fingerprint density at radius 2 is 1.81 bits per heavy atom. The van der Waals surface area contributed by atoms with E-state index in [1.807, 2.05) is 36.5 Å². The van der Waals surface area contributed by atoms with E-state index in [4.69, 9.17) is 0 Å². The zero-order valence-electron chi connectivity index (χ0n) is 15.7. The van der Waals surface area contributed by atoms with Gasteiger partial charge in [-0.2, -0.15) is 0 Å². The minimum Gasteiger partial charge on any atom is -0.300 e. The van der Waals surface area contributed by atoms with Gasteiger partial charge in [0.05, 0.1) is 5.69 Å². The summed E-state index contributed by atoms with van der Waals surface area (Å²) in [7, 11) is 0. The quantitative estimate of drug-likeness (QED) is 0.680. The van der Waals surface area contributed by atoms with Crippen LogP contribution in [0, 0.1) is 0 Å². The van der Waals surface area contributed by atoms with Crippen molar-refractivity contribution in [3.05, 3.63) is 64.0 Å². The predicted octanol–water partition coefficient (Wildman–Crippen LogP) is 2.19. The van der Waals surface area contributed by atoms with Crippen LogP contribution in [-0.2, 0) is 21.4 Å². The number of aryl methyl sites for hydroxylation is 1. The normalized spacial score (nSPS) is 13.5. The molecule has 0 spiro atoms. The molecule has 26 heavy (non-hydrogen) atoms. The molecule has 0 unspecified atom stereocenters. The monoisotopic (exact) mass is 348 g/mol. The molecule has 0 atom stereocenters. The summed E-state index contributed by atoms with van der Waals surface area (Å²) in [6.07, 6.45) is 3.10. The Bertz CT molecular complexity index is 967. The second-order valence-electron chi connectivity index (χ2n) is 7.51. The van der Waals surface area contributed by atoms with Crippen LogP contribution in [0.1, 0.15) is 38.8 Å². The van der Waals surface area contributed by atoms with Crippen molar-refractivity contribution < 1.29 is 9.59 Å². The molecule has 0 saturated heterocycles. The number of hydrogen-bond acceptors (Lipinski definition) is 4. The number of hydrazine groups is 1. The van der Waals surface area contributed by atoms with Gasteiger partial charge in [0.2, 0.25) is 5.78 Å². The highest BCUT2D eigenvalue weighted by molar-refractivity contribution is 6.45. The third kappa shape index (κ3) is 3.27. The highest BCUT2D eigenvalue weighted by Gasteiger charge is 2.23. The fourth-order valence-electron chi connectivity index (χ4n) is 3.09. The zero-order valence-corrected chi connectivity index (χ0v) is 15.7. The Morgan fingerprint density at radius 1 is 1.12 bits per heavy atom. The molecule has 3 rings (SSSR count). The van der Waals surface area contributed by atoms with Gasteiger partial charge in [-0.3, -0.25) is 14.6 Å². The predicted molar refractivity (Wildman–Crippen MR) is 105 cm³/mol. The highest BCUT2D eigenvalue weighted by atomic mass is 16.2. The van der Waals surface area contributed by atoms with E-state index >= 15 is 0 Å². The van der Waals surface area contributed by atoms with Gasteiger partial charge in [-0.1, -0.05) is 52.0 Å². The van der Waals surface area contributed by atoms with Crippen molar-refractivity contribution in [1.29, 1.82) is 0 Å². The molecular formula is C22H24N2O2. The molecule has 0 aliphatic carbocycles. The molecule has 1 aliphatic heterocycles. The molecule has 0 saturated carbocycles. The molecule has 1 heterocycles. The third-order valence-electron chi connectivity index (χ3n) is 4.69. The van der Waals surface area contributed by atoms with Gasteiger partial charge >= 0.3 is 0 Å². The van der Waals surface area contributed by atoms with Gasteiger partial charge in [-0.15, -0.1) is 0 Å². The number of nitrogens with zero attached hydrogens (tertiary/aromatic N) is 1. The Hall–Kier alpha value is -2.88. The summed E-state index contributed by atoms with van der Waals surface area (Å²) in [6.45, 7) is 8.54. The maximum absolute atomic E-state index is 12.4. The van der Waals surface area contributed by atoms with Gasteiger partial charge in [-0.25, -0.2) is 0 Å². The molecule has 4 heteroatoms. The van der Waals surface area contributed by atoms with Crippen LogP contribution in [0.4, 0.5) is 5.69 Å². The second kappa shape index (κ2) is 6.79. The van der Waals surface area contributed by atoms with E-state index in [0.717, 1.165) is 28.1 Å². The summed E-state index contributed by atoms with van der Waals surface area (Å²) in [5.41, 5.74) is 6.69. The van der Waals surface area contributed by atoms with Crippen LogP contribution in [0.3, 0.4) is 0 Å². The Kier molecular flexibility index (Phi) is 4.68. The van der Waals surface area contributed by atoms with Crippen molar-refractivity contribution in [2.24, 2.45) is 0 Å². The average molecular weight is 348 g/mol. The van der Waals surface area contributed by atoms with E-state index in [1.165, 1.54) is 5.56 Å². The topological polar surface area (TPSA) is 49.4 Å². The Labute approximate surface area is 153 Å². The lowest BCUT2D eigenvalue weighted by atomic mass is 9.87. The van der Waals surface area contributed by atoms with Gasteiger partial charge in [0.25, 0.3) is 0 Å². The van der Waals surface area contributed by atoms with Gasteiger partial charge in [-0.05, 0) is 41.2 Å². The number of nitrogens with one attached hydrogen (secondary N) is 1. The fourth-order valence-corrected chi connectivity index (χ4v) is 3.09. The molecule has 1 N–H and O–H groups in total. The molecule has 0 radical (unpaired) electrons. The van der Waals surface area contributed by atoms with Gasteiger partial charge in [0.1, 0.15) is 5.70 Å². The largest absolute Gasteiger partial charge is 0.300 e. The average Bonchev–Trinajstić information content (AvgIpc) is 2.65. The first kappa shape index (κ1) is 17.9. The number of carbonyl (C=O) groups is 2. The summed E-state index contributed by atoms with van der Waals surface area (Å²) < 4.78 is 0. The number of benzene rings is 2. The lowest BCUT2D eigenvalue weighted by Crippen LogP contribution is -2.49. The van der Waals surface area contributed by atoms with E-state index in [-0.39, 0.29) is 5.41 Å². The molecule has 4 nitrogen and oxygen atoms in total. The van der Waals surface area contributed by atoms with Crippen LogP contribution >= 0.6 is 0 Å². The maximum atomic E-state index is 12.4. The van der Waals surface area contributed by atoms with E-state index in [0.29, 0.717) is 12.0 Å². The van der Waals surface area contributed by atoms with Crippen LogP contribution in [0.5, 0.6) is 0 Å². The van der Waals surface area contributed by atoms with Gasteiger partial charge < -0.3 is 5.43 Å². The number of carbonyl (C=O) groups excluding carboxylic acids is 2. The summed E-state index contributed by atoms with van der Waals surface area (Å²) in [5.74, 6) is -0.542. The van der Waals surface area contributed by atoms with Crippen LogP contribution in [0.15, 0.2) is 42.5 Å². The van der Waals surface area contributed by atoms with Crippen LogP contribution in [0.2, 0.25) is 0 Å². The molecule has 1 aliphatic rings. The fraction of sp³-hybridized carbons (Fsp3) is 0.273. The molecule has 2 aromatic carbocycles. The molecule has 2 aromatic rings. The summed E-state index contributed by atoms with van der Waals surface area (Å²) in [6, 6.07) is 14.0. The minimum atomic E-state index is -0.542. The highest BCUT2D eigenvalue weighted by Crippen LogP contribution is 2.26. The molecule has 0 amide bonds. The first-order chi connectivity index (χ1) is 12.3. The van der Waals surface area contributed by atoms with Crippen LogP contribution in [-0.4, -0.2) is 12.1 Å². The van der Waals surface area contributed by atoms with Crippen molar-refractivity contribution in [3.8, 4) is 0 Å². The molecule has 0 fully saturated rings. The second-order valence-corrected chi connectivity index (χ2v) is 7.51. The summed E-state index contributed by atoms with van der Waals surface area (Å²) in [4.78, 5) is 23.7. The third-order valence-corrected chi connectivity index (χ3v) is 4.69. The van der Waals surface area contributed by atoms with Crippen LogP contribution < -0.4 is 20.9 Å². The SMILES string of the molecule is CCc1ccc2c(c1)=C(C(=O)C=O)N(c1ccc(C(C)(C)C)cc1)NC=2.